The molecule has 1 atom stereocenters. The van der Waals surface area contributed by atoms with Crippen LogP contribution in [-0.4, -0.2) is 28.6 Å². The van der Waals surface area contributed by atoms with Crippen LogP contribution in [0.5, 0.6) is 5.75 Å². The number of hydrogen-bond acceptors (Lipinski definition) is 3. The summed E-state index contributed by atoms with van der Waals surface area (Å²) in [6, 6.07) is 16.0. The van der Waals surface area contributed by atoms with E-state index in [4.69, 9.17) is 9.72 Å². The average Bonchev–Trinajstić information content (AvgIpc) is 3.23. The number of benzene rings is 2. The highest BCUT2D eigenvalue weighted by Gasteiger charge is 2.36. The highest BCUT2D eigenvalue weighted by molar-refractivity contribution is 5.97. The molecule has 1 aliphatic rings. The Hall–Kier alpha value is -2.82. The lowest BCUT2D eigenvalue weighted by Gasteiger charge is -2.20. The molecule has 1 aromatic heterocycles. The smallest absolute Gasteiger partial charge is 0.227 e. The molecule has 0 radical (unpaired) electrons. The minimum Gasteiger partial charge on any atom is -0.492 e. The van der Waals surface area contributed by atoms with Gasteiger partial charge in [-0.1, -0.05) is 38.1 Å². The maximum absolute atomic E-state index is 12.9. The number of imidazole rings is 1. The van der Waals surface area contributed by atoms with Crippen molar-refractivity contribution >= 4 is 22.6 Å². The predicted molar refractivity (Wildman–Crippen MR) is 112 cm³/mol. The van der Waals surface area contributed by atoms with Crippen molar-refractivity contribution in [2.45, 2.75) is 39.7 Å². The largest absolute Gasteiger partial charge is 0.492 e. The maximum Gasteiger partial charge on any atom is 0.227 e. The lowest BCUT2D eigenvalue weighted by Crippen LogP contribution is -2.25. The standard InChI is InChI=1S/C23H27N3O2/c1-4-28-21-12-8-7-11-20(21)25-15-17(13-22(25)27)23-24-18-9-5-6-10-19(18)26(23)14-16(2)3/h5-12,16-17H,4,13-15H2,1-3H3/t17-/m1/s1. The van der Waals surface area contributed by atoms with Crippen LogP contribution in [0.15, 0.2) is 48.5 Å². The maximum atomic E-state index is 12.9. The third kappa shape index (κ3) is 3.37. The normalized spacial score (nSPS) is 17.1. The number of anilines is 1. The molecule has 1 saturated heterocycles. The molecule has 2 aromatic carbocycles. The second kappa shape index (κ2) is 7.66. The van der Waals surface area contributed by atoms with E-state index in [0.717, 1.165) is 34.8 Å². The molecular weight excluding hydrogens is 350 g/mol. The molecule has 5 heteroatoms. The summed E-state index contributed by atoms with van der Waals surface area (Å²) >= 11 is 0. The van der Waals surface area contributed by atoms with Gasteiger partial charge in [-0.15, -0.1) is 0 Å². The van der Waals surface area contributed by atoms with Gasteiger partial charge in [0.1, 0.15) is 11.6 Å². The minimum absolute atomic E-state index is 0.0772. The lowest BCUT2D eigenvalue weighted by atomic mass is 10.1. The fraction of sp³-hybridized carbons (Fsp3) is 0.391. The summed E-state index contributed by atoms with van der Waals surface area (Å²) in [6.45, 7) is 8.48. The number of aromatic nitrogens is 2. The summed E-state index contributed by atoms with van der Waals surface area (Å²) in [6.07, 6.45) is 0.474. The number of ether oxygens (including phenoxy) is 1. The Morgan fingerprint density at radius 2 is 1.89 bits per heavy atom. The summed E-state index contributed by atoms with van der Waals surface area (Å²) in [7, 11) is 0. The number of carbonyl (C=O) groups excluding carboxylic acids is 1. The zero-order valence-electron chi connectivity index (χ0n) is 16.8. The molecule has 0 spiro atoms. The topological polar surface area (TPSA) is 47.4 Å². The highest BCUT2D eigenvalue weighted by Crippen LogP contribution is 2.37. The third-order valence-corrected chi connectivity index (χ3v) is 5.18. The molecular formula is C23H27N3O2. The van der Waals surface area contributed by atoms with Crippen molar-refractivity contribution in [1.82, 2.24) is 9.55 Å². The van der Waals surface area contributed by atoms with E-state index in [9.17, 15) is 4.79 Å². The predicted octanol–water partition coefficient (Wildman–Crippen LogP) is 4.61. The molecule has 1 fully saturated rings. The lowest BCUT2D eigenvalue weighted by molar-refractivity contribution is -0.117. The Morgan fingerprint density at radius 3 is 2.68 bits per heavy atom. The van der Waals surface area contributed by atoms with Crippen LogP contribution in [0.2, 0.25) is 0 Å². The minimum atomic E-state index is 0.0772. The number of carbonyl (C=O) groups is 1. The van der Waals surface area contributed by atoms with Crippen molar-refractivity contribution < 1.29 is 9.53 Å². The number of fused-ring (bicyclic) bond motifs is 1. The van der Waals surface area contributed by atoms with Gasteiger partial charge in [-0.05, 0) is 37.1 Å². The third-order valence-electron chi connectivity index (χ3n) is 5.18. The molecule has 3 aromatic rings. The zero-order chi connectivity index (χ0) is 19.7. The van der Waals surface area contributed by atoms with Crippen LogP contribution >= 0.6 is 0 Å². The monoisotopic (exact) mass is 377 g/mol. The zero-order valence-corrected chi connectivity index (χ0v) is 16.8. The van der Waals surface area contributed by atoms with Crippen molar-refractivity contribution in [3.63, 3.8) is 0 Å². The van der Waals surface area contributed by atoms with Crippen molar-refractivity contribution in [2.75, 3.05) is 18.1 Å². The van der Waals surface area contributed by atoms with Gasteiger partial charge < -0.3 is 14.2 Å². The Morgan fingerprint density at radius 1 is 1.14 bits per heavy atom. The Bertz CT molecular complexity index is 992. The summed E-state index contributed by atoms with van der Waals surface area (Å²) in [5, 5.41) is 0. The van der Waals surface area contributed by atoms with Gasteiger partial charge in [0.25, 0.3) is 0 Å². The first-order chi connectivity index (χ1) is 13.6. The summed E-state index contributed by atoms with van der Waals surface area (Å²) < 4.78 is 8.05. The van der Waals surface area contributed by atoms with Crippen LogP contribution in [0.25, 0.3) is 11.0 Å². The molecule has 0 saturated carbocycles. The summed E-state index contributed by atoms with van der Waals surface area (Å²) in [5.41, 5.74) is 2.99. The van der Waals surface area contributed by atoms with Crippen LogP contribution in [0.3, 0.4) is 0 Å². The number of nitrogens with zero attached hydrogens (tertiary/aromatic N) is 3. The van der Waals surface area contributed by atoms with Crippen molar-refractivity contribution in [3.05, 3.63) is 54.4 Å². The van der Waals surface area contributed by atoms with Gasteiger partial charge in [-0.25, -0.2) is 4.98 Å². The first-order valence-corrected chi connectivity index (χ1v) is 10.1. The fourth-order valence-electron chi connectivity index (χ4n) is 4.03. The summed E-state index contributed by atoms with van der Waals surface area (Å²) in [5.74, 6) is 2.48. The van der Waals surface area contributed by atoms with E-state index in [1.807, 2.05) is 42.2 Å². The van der Waals surface area contributed by atoms with Crippen molar-refractivity contribution in [3.8, 4) is 5.75 Å². The molecule has 28 heavy (non-hydrogen) atoms. The number of rotatable bonds is 6. The molecule has 5 nitrogen and oxygen atoms in total. The van der Waals surface area contributed by atoms with E-state index in [0.29, 0.717) is 25.5 Å². The Labute approximate surface area is 165 Å². The Balaban J connectivity index is 1.70. The van der Waals surface area contributed by atoms with E-state index < -0.39 is 0 Å². The van der Waals surface area contributed by atoms with Gasteiger partial charge >= 0.3 is 0 Å². The molecule has 0 aliphatic carbocycles. The molecule has 0 unspecified atom stereocenters. The molecule has 2 heterocycles. The van der Waals surface area contributed by atoms with Crippen LogP contribution in [0, 0.1) is 5.92 Å². The second-order valence-electron chi connectivity index (χ2n) is 7.77. The molecule has 1 amide bonds. The number of amides is 1. The highest BCUT2D eigenvalue weighted by atomic mass is 16.5. The van der Waals surface area contributed by atoms with Crippen molar-refractivity contribution in [2.24, 2.45) is 5.92 Å². The van der Waals surface area contributed by atoms with Gasteiger partial charge in [-0.2, -0.15) is 0 Å². The van der Waals surface area contributed by atoms with Gasteiger partial charge in [0.05, 0.1) is 23.3 Å². The van der Waals surface area contributed by atoms with Gasteiger partial charge in [0.2, 0.25) is 5.91 Å². The first-order valence-electron chi connectivity index (χ1n) is 10.1. The molecule has 0 N–H and O–H groups in total. The van der Waals surface area contributed by atoms with Crippen LogP contribution in [0.1, 0.15) is 38.9 Å². The van der Waals surface area contributed by atoms with Crippen LogP contribution in [0.4, 0.5) is 5.69 Å². The van der Waals surface area contributed by atoms with E-state index in [1.54, 1.807) is 0 Å². The van der Waals surface area contributed by atoms with E-state index in [-0.39, 0.29) is 11.8 Å². The fourth-order valence-corrected chi connectivity index (χ4v) is 4.03. The number of hydrogen-bond donors (Lipinski definition) is 0. The van der Waals surface area contributed by atoms with Gasteiger partial charge in [0, 0.05) is 25.4 Å². The van der Waals surface area contributed by atoms with E-state index in [1.165, 1.54) is 0 Å². The quantitative estimate of drug-likeness (QED) is 0.630. The van der Waals surface area contributed by atoms with Crippen LogP contribution in [-0.2, 0) is 11.3 Å². The average molecular weight is 377 g/mol. The molecule has 4 rings (SSSR count). The van der Waals surface area contributed by atoms with Gasteiger partial charge in [0.15, 0.2) is 0 Å². The van der Waals surface area contributed by atoms with Crippen molar-refractivity contribution in [1.29, 1.82) is 0 Å². The molecule has 1 aliphatic heterocycles. The van der Waals surface area contributed by atoms with Crippen LogP contribution < -0.4 is 9.64 Å². The molecule has 0 bridgehead atoms. The van der Waals surface area contributed by atoms with E-state index in [2.05, 4.69) is 36.6 Å². The van der Waals surface area contributed by atoms with Gasteiger partial charge in [-0.3, -0.25) is 4.79 Å². The number of para-hydroxylation sites is 4. The SMILES string of the molecule is CCOc1ccccc1N1C[C@H](c2nc3ccccc3n2CC(C)C)CC1=O. The first kappa shape index (κ1) is 18.5. The Kier molecular flexibility index (Phi) is 5.07. The second-order valence-corrected chi connectivity index (χ2v) is 7.77. The molecule has 146 valence electrons. The summed E-state index contributed by atoms with van der Waals surface area (Å²) in [4.78, 5) is 19.7. The van der Waals surface area contributed by atoms with E-state index >= 15 is 0 Å².